The van der Waals surface area contributed by atoms with Gasteiger partial charge in [-0.25, -0.2) is 4.68 Å². The predicted octanol–water partition coefficient (Wildman–Crippen LogP) is 2.56. The van der Waals surface area contributed by atoms with Crippen molar-refractivity contribution in [3.8, 4) is 0 Å². The Morgan fingerprint density at radius 3 is 3.13 bits per heavy atom. The summed E-state index contributed by atoms with van der Waals surface area (Å²) < 4.78 is 14.5. The number of likely N-dealkylation sites (tertiary alicyclic amines) is 1. The largest absolute Gasteiger partial charge is 0.340 e. The number of nitrogens with zero attached hydrogens (tertiary/aromatic N) is 4. The molecule has 3 atom stereocenters. The summed E-state index contributed by atoms with van der Waals surface area (Å²) in [5, 5.41) is 8.48. The molecule has 23 heavy (non-hydrogen) atoms. The molecule has 2 aliphatic rings. The summed E-state index contributed by atoms with van der Waals surface area (Å²) in [4.78, 5) is 14.3. The highest BCUT2D eigenvalue weighted by Gasteiger charge is 2.45. The number of carbonyl (C=O) groups excluding carboxylic acids is 1. The van der Waals surface area contributed by atoms with Gasteiger partial charge in [-0.2, -0.15) is 0 Å². The van der Waals surface area contributed by atoms with E-state index in [-0.39, 0.29) is 30.5 Å². The highest BCUT2D eigenvalue weighted by Crippen LogP contribution is 2.41. The van der Waals surface area contributed by atoms with Crippen LogP contribution in [0.25, 0.3) is 0 Å². The van der Waals surface area contributed by atoms with Crippen molar-refractivity contribution in [2.24, 2.45) is 11.8 Å². The van der Waals surface area contributed by atoms with Crippen molar-refractivity contribution in [1.82, 2.24) is 19.9 Å². The van der Waals surface area contributed by atoms with E-state index in [1.165, 1.54) is 0 Å². The number of hydrogen-bond donors (Lipinski definition) is 0. The summed E-state index contributed by atoms with van der Waals surface area (Å²) in [5.74, 6) is 0.0124. The number of carbonyl (C=O) groups is 1. The van der Waals surface area contributed by atoms with Crippen LogP contribution in [-0.4, -0.2) is 45.6 Å². The van der Waals surface area contributed by atoms with Crippen LogP contribution in [0.5, 0.6) is 0 Å². The number of piperidine rings is 1. The van der Waals surface area contributed by atoms with Crippen molar-refractivity contribution >= 4 is 5.91 Å². The maximum absolute atomic E-state index is 12.6. The van der Waals surface area contributed by atoms with Gasteiger partial charge >= 0.3 is 0 Å². The van der Waals surface area contributed by atoms with E-state index in [0.29, 0.717) is 13.0 Å². The quantitative estimate of drug-likeness (QED) is 0.573. The van der Waals surface area contributed by atoms with Crippen molar-refractivity contribution in [3.05, 3.63) is 24.5 Å². The molecule has 1 aliphatic carbocycles. The van der Waals surface area contributed by atoms with Crippen LogP contribution >= 0.6 is 0 Å². The Labute approximate surface area is 136 Å². The number of aromatic nitrogens is 3. The Balaban J connectivity index is 1.56. The fraction of sp³-hybridized carbons (Fsp3) is 0.706. The first kappa shape index (κ1) is 16.1. The number of alkyl halides is 1. The lowest BCUT2D eigenvalue weighted by molar-refractivity contribution is -0.134. The van der Waals surface area contributed by atoms with Gasteiger partial charge in [-0.1, -0.05) is 11.3 Å². The molecule has 1 amide bonds. The number of unbranched alkanes of at least 4 members (excludes halogenated alkanes) is 1. The fourth-order valence-electron chi connectivity index (χ4n) is 3.36. The van der Waals surface area contributed by atoms with Gasteiger partial charge in [0.05, 0.1) is 18.4 Å². The fourth-order valence-corrected chi connectivity index (χ4v) is 3.36. The molecule has 1 saturated carbocycles. The van der Waals surface area contributed by atoms with Crippen molar-refractivity contribution in [2.75, 3.05) is 19.8 Å². The van der Waals surface area contributed by atoms with E-state index in [9.17, 15) is 9.18 Å². The van der Waals surface area contributed by atoms with Crippen molar-refractivity contribution < 1.29 is 9.18 Å². The van der Waals surface area contributed by atoms with Crippen LogP contribution in [0.2, 0.25) is 0 Å². The average molecular weight is 320 g/mol. The molecule has 3 rings (SSSR count). The Morgan fingerprint density at radius 1 is 1.52 bits per heavy atom. The third-order valence-corrected chi connectivity index (χ3v) is 4.92. The third-order valence-electron chi connectivity index (χ3n) is 4.92. The Morgan fingerprint density at radius 2 is 2.39 bits per heavy atom. The number of hydrogen-bond acceptors (Lipinski definition) is 3. The maximum Gasteiger partial charge on any atom is 0.226 e. The van der Waals surface area contributed by atoms with E-state index < -0.39 is 0 Å². The van der Waals surface area contributed by atoms with Gasteiger partial charge in [-0.05, 0) is 44.4 Å². The predicted molar refractivity (Wildman–Crippen MR) is 85.6 cm³/mol. The monoisotopic (exact) mass is 320 g/mol. The molecule has 2 heterocycles. The molecule has 126 valence electrons. The molecule has 0 aromatic carbocycles. The van der Waals surface area contributed by atoms with Crippen LogP contribution in [-0.2, 0) is 11.2 Å². The first-order chi connectivity index (χ1) is 11.2. The Hall–Kier alpha value is -1.72. The Bertz CT molecular complexity index is 559. The number of rotatable bonds is 7. The number of amides is 1. The number of halogens is 1. The summed E-state index contributed by atoms with van der Waals surface area (Å²) in [5.41, 5.74) is 0.995. The zero-order valence-electron chi connectivity index (χ0n) is 13.5. The molecule has 0 N–H and O–H groups in total. The molecule has 1 aliphatic heterocycles. The topological polar surface area (TPSA) is 51.0 Å². The van der Waals surface area contributed by atoms with Crippen LogP contribution in [0.15, 0.2) is 18.9 Å². The normalized spacial score (nSPS) is 27.0. The zero-order valence-corrected chi connectivity index (χ0v) is 13.5. The van der Waals surface area contributed by atoms with Crippen molar-refractivity contribution in [2.45, 2.75) is 44.6 Å². The lowest BCUT2D eigenvalue weighted by Gasteiger charge is -2.32. The van der Waals surface area contributed by atoms with Gasteiger partial charge in [0.15, 0.2) is 0 Å². The summed E-state index contributed by atoms with van der Waals surface area (Å²) in [6.45, 7) is 4.81. The van der Waals surface area contributed by atoms with Crippen LogP contribution in [0.3, 0.4) is 0 Å². The molecule has 1 aromatic heterocycles. The minimum atomic E-state index is -0.370. The van der Waals surface area contributed by atoms with Crippen LogP contribution in [0, 0.1) is 11.8 Å². The molecule has 1 unspecified atom stereocenters. The molecule has 1 saturated heterocycles. The van der Waals surface area contributed by atoms with Gasteiger partial charge in [-0.3, -0.25) is 9.18 Å². The molecule has 0 spiro atoms. The van der Waals surface area contributed by atoms with Gasteiger partial charge in [0.25, 0.3) is 0 Å². The van der Waals surface area contributed by atoms with E-state index in [2.05, 4.69) is 16.9 Å². The summed E-state index contributed by atoms with van der Waals surface area (Å²) in [6.07, 6.45) is 9.53. The van der Waals surface area contributed by atoms with Gasteiger partial charge in [-0.15, -0.1) is 11.7 Å². The van der Waals surface area contributed by atoms with Gasteiger partial charge in [0.1, 0.15) is 0 Å². The summed E-state index contributed by atoms with van der Waals surface area (Å²) in [7, 11) is 0. The smallest absolute Gasteiger partial charge is 0.226 e. The van der Waals surface area contributed by atoms with E-state index in [0.717, 1.165) is 44.3 Å². The van der Waals surface area contributed by atoms with E-state index in [1.807, 2.05) is 21.9 Å². The highest BCUT2D eigenvalue weighted by molar-refractivity contribution is 5.81. The molecule has 0 bridgehead atoms. The SMILES string of the molecule is C=CCCCc1cn(C2CCCN(C(=O)[C@@H]3C[C@H]3CF)C2)nn1. The molecule has 5 nitrogen and oxygen atoms in total. The molecule has 1 aromatic rings. The van der Waals surface area contributed by atoms with Gasteiger partial charge in [0.2, 0.25) is 5.91 Å². The van der Waals surface area contributed by atoms with E-state index in [1.54, 1.807) is 0 Å². The van der Waals surface area contributed by atoms with E-state index in [4.69, 9.17) is 0 Å². The number of aryl methyl sites for hydroxylation is 1. The maximum atomic E-state index is 12.6. The lowest BCUT2D eigenvalue weighted by atomic mass is 10.1. The second kappa shape index (κ2) is 7.23. The van der Waals surface area contributed by atoms with Crippen LogP contribution < -0.4 is 0 Å². The molecular formula is C17H25FN4O. The molecule has 0 radical (unpaired) electrons. The number of allylic oxidation sites excluding steroid dienone is 1. The second-order valence-corrected chi connectivity index (χ2v) is 6.71. The Kier molecular flexibility index (Phi) is 5.08. The molecule has 2 fully saturated rings. The minimum absolute atomic E-state index is 0.0364. The summed E-state index contributed by atoms with van der Waals surface area (Å²) >= 11 is 0. The molecular weight excluding hydrogens is 295 g/mol. The van der Waals surface area contributed by atoms with Crippen LogP contribution in [0.1, 0.15) is 43.8 Å². The van der Waals surface area contributed by atoms with Crippen molar-refractivity contribution in [1.29, 1.82) is 0 Å². The molecule has 6 heteroatoms. The standard InChI is InChI=1S/C17H25FN4O/c1-2-3-4-6-14-11-22(20-19-14)15-7-5-8-21(12-15)17(23)16-9-13(16)10-18/h2,11,13,15-16H,1,3-10,12H2/t13-,15?,16+/m0/s1. The average Bonchev–Trinajstić information content (AvgIpc) is 3.23. The van der Waals surface area contributed by atoms with Crippen LogP contribution in [0.4, 0.5) is 4.39 Å². The van der Waals surface area contributed by atoms with Crippen molar-refractivity contribution in [3.63, 3.8) is 0 Å². The third kappa shape index (κ3) is 3.79. The zero-order chi connectivity index (χ0) is 16.2. The lowest BCUT2D eigenvalue weighted by Crippen LogP contribution is -2.42. The highest BCUT2D eigenvalue weighted by atomic mass is 19.1. The second-order valence-electron chi connectivity index (χ2n) is 6.71. The minimum Gasteiger partial charge on any atom is -0.340 e. The summed E-state index contributed by atoms with van der Waals surface area (Å²) in [6, 6.07) is 0.191. The van der Waals surface area contributed by atoms with Gasteiger partial charge in [0, 0.05) is 25.2 Å². The van der Waals surface area contributed by atoms with Gasteiger partial charge < -0.3 is 4.90 Å². The first-order valence-electron chi connectivity index (χ1n) is 8.59. The van der Waals surface area contributed by atoms with E-state index >= 15 is 0 Å². The first-order valence-corrected chi connectivity index (χ1v) is 8.59.